The molecule has 0 spiro atoms. The molecule has 3 aromatic heterocycles. The van der Waals surface area contributed by atoms with E-state index >= 15 is 0 Å². The van der Waals surface area contributed by atoms with Crippen molar-refractivity contribution in [1.82, 2.24) is 25.0 Å². The van der Waals surface area contributed by atoms with Crippen molar-refractivity contribution in [1.29, 1.82) is 0 Å². The van der Waals surface area contributed by atoms with E-state index < -0.39 is 0 Å². The molecule has 0 bridgehead atoms. The third-order valence-electron chi connectivity index (χ3n) is 5.19. The number of rotatable bonds is 6. The Morgan fingerprint density at radius 3 is 2.82 bits per heavy atom. The Morgan fingerprint density at radius 2 is 2.07 bits per heavy atom. The lowest BCUT2D eigenvalue weighted by Gasteiger charge is -2.13. The molecule has 0 radical (unpaired) electrons. The number of amides is 1. The Hall–Kier alpha value is -2.93. The van der Waals surface area contributed by atoms with Gasteiger partial charge in [-0.1, -0.05) is 6.07 Å². The summed E-state index contributed by atoms with van der Waals surface area (Å²) in [7, 11) is 0. The second-order valence-electron chi connectivity index (χ2n) is 7.23. The van der Waals surface area contributed by atoms with Crippen molar-refractivity contribution < 1.29 is 9.21 Å². The first kappa shape index (κ1) is 18.4. The number of furan rings is 1. The molecule has 1 N–H and O–H groups in total. The summed E-state index contributed by atoms with van der Waals surface area (Å²) >= 11 is 0. The average molecular weight is 379 g/mol. The van der Waals surface area contributed by atoms with Gasteiger partial charge in [0.2, 0.25) is 0 Å². The fourth-order valence-electron chi connectivity index (χ4n) is 3.65. The first-order valence-corrected chi connectivity index (χ1v) is 9.69. The molecular weight excluding hydrogens is 354 g/mol. The van der Waals surface area contributed by atoms with Crippen LogP contribution in [0.3, 0.4) is 0 Å². The number of carbonyl (C=O) groups is 1. The number of pyridine rings is 1. The molecular formula is C21H25N5O2. The molecule has 0 aromatic carbocycles. The number of nitrogens with zero attached hydrogens (tertiary/aromatic N) is 4. The second kappa shape index (κ2) is 7.98. The Morgan fingerprint density at radius 1 is 1.25 bits per heavy atom. The number of hydrogen-bond donors (Lipinski definition) is 1. The van der Waals surface area contributed by atoms with Crippen molar-refractivity contribution in [2.45, 2.75) is 39.3 Å². The minimum Gasteiger partial charge on any atom is -0.455 e. The number of carbonyl (C=O) groups excluding carboxylic acids is 1. The van der Waals surface area contributed by atoms with Gasteiger partial charge < -0.3 is 9.73 Å². The lowest BCUT2D eigenvalue weighted by molar-refractivity contribution is 0.0908. The molecule has 28 heavy (non-hydrogen) atoms. The molecule has 4 rings (SSSR count). The van der Waals surface area contributed by atoms with Gasteiger partial charge in [0.15, 0.2) is 11.6 Å². The summed E-state index contributed by atoms with van der Waals surface area (Å²) in [6.07, 6.45) is 5.97. The van der Waals surface area contributed by atoms with Gasteiger partial charge in [-0.15, -0.1) is 0 Å². The van der Waals surface area contributed by atoms with Gasteiger partial charge in [-0.25, -0.2) is 9.67 Å². The highest BCUT2D eigenvalue weighted by Crippen LogP contribution is 2.20. The lowest BCUT2D eigenvalue weighted by atomic mass is 10.1. The summed E-state index contributed by atoms with van der Waals surface area (Å²) in [6.45, 7) is 6.87. The molecule has 1 fully saturated rings. The van der Waals surface area contributed by atoms with Gasteiger partial charge in [0, 0.05) is 17.5 Å². The third-order valence-corrected chi connectivity index (χ3v) is 5.19. The normalized spacial score (nSPS) is 15.6. The first-order valence-electron chi connectivity index (χ1n) is 9.69. The Kier molecular flexibility index (Phi) is 5.25. The SMILES string of the molecule is Cc1c([C@@H](C)NC(=O)c2ccc(CN3CCCC3)o2)cnn1-c1ccccn1. The van der Waals surface area contributed by atoms with Crippen LogP contribution in [0.1, 0.15) is 53.4 Å². The van der Waals surface area contributed by atoms with E-state index in [0.717, 1.165) is 42.5 Å². The van der Waals surface area contributed by atoms with E-state index in [2.05, 4.69) is 20.3 Å². The van der Waals surface area contributed by atoms with Crippen LogP contribution in [0, 0.1) is 6.92 Å². The maximum absolute atomic E-state index is 12.6. The summed E-state index contributed by atoms with van der Waals surface area (Å²) in [5, 5.41) is 7.43. The highest BCUT2D eigenvalue weighted by atomic mass is 16.4. The summed E-state index contributed by atoms with van der Waals surface area (Å²) < 4.78 is 7.54. The van der Waals surface area contributed by atoms with Gasteiger partial charge >= 0.3 is 0 Å². The van der Waals surface area contributed by atoms with E-state index in [-0.39, 0.29) is 11.9 Å². The number of aromatic nitrogens is 3. The molecule has 1 amide bonds. The van der Waals surface area contributed by atoms with Gasteiger partial charge in [0.1, 0.15) is 5.76 Å². The summed E-state index contributed by atoms with van der Waals surface area (Å²) in [4.78, 5) is 19.3. The van der Waals surface area contributed by atoms with Crippen LogP contribution < -0.4 is 5.32 Å². The average Bonchev–Trinajstić information content (AvgIpc) is 3.44. The Bertz CT molecular complexity index is 941. The molecule has 3 aromatic rings. The van der Waals surface area contributed by atoms with Crippen molar-refractivity contribution in [3.63, 3.8) is 0 Å². The smallest absolute Gasteiger partial charge is 0.287 e. The van der Waals surface area contributed by atoms with Crippen LogP contribution in [0.2, 0.25) is 0 Å². The molecule has 1 atom stereocenters. The van der Waals surface area contributed by atoms with E-state index in [0.29, 0.717) is 5.76 Å². The number of likely N-dealkylation sites (tertiary alicyclic amines) is 1. The van der Waals surface area contributed by atoms with Crippen LogP contribution in [0.4, 0.5) is 0 Å². The van der Waals surface area contributed by atoms with Crippen LogP contribution in [-0.2, 0) is 6.54 Å². The van der Waals surface area contributed by atoms with Crippen molar-refractivity contribution in [2.24, 2.45) is 0 Å². The topological polar surface area (TPSA) is 76.2 Å². The van der Waals surface area contributed by atoms with Crippen molar-refractivity contribution in [3.8, 4) is 5.82 Å². The molecule has 146 valence electrons. The Labute approximate surface area is 164 Å². The molecule has 0 unspecified atom stereocenters. The molecule has 7 nitrogen and oxygen atoms in total. The summed E-state index contributed by atoms with van der Waals surface area (Å²) in [6, 6.07) is 9.13. The van der Waals surface area contributed by atoms with Crippen LogP contribution in [0.15, 0.2) is 47.1 Å². The zero-order valence-corrected chi connectivity index (χ0v) is 16.3. The lowest BCUT2D eigenvalue weighted by Crippen LogP contribution is -2.26. The maximum Gasteiger partial charge on any atom is 0.287 e. The molecule has 1 saturated heterocycles. The molecule has 0 aliphatic carbocycles. The van der Waals surface area contributed by atoms with Crippen LogP contribution in [-0.4, -0.2) is 38.7 Å². The van der Waals surface area contributed by atoms with E-state index in [4.69, 9.17) is 4.42 Å². The monoisotopic (exact) mass is 379 g/mol. The molecule has 1 aliphatic rings. The largest absolute Gasteiger partial charge is 0.455 e. The second-order valence-corrected chi connectivity index (χ2v) is 7.23. The van der Waals surface area contributed by atoms with Crippen LogP contribution >= 0.6 is 0 Å². The molecule has 7 heteroatoms. The maximum atomic E-state index is 12.6. The third kappa shape index (κ3) is 3.84. The standard InChI is InChI=1S/C21H25N5O2/c1-15(18-13-23-26(16(18)2)20-7-3-4-10-22-20)24-21(27)19-9-8-17(28-19)14-25-11-5-6-12-25/h3-4,7-10,13,15H,5-6,11-12,14H2,1-2H3,(H,24,27)/t15-/m1/s1. The van der Waals surface area contributed by atoms with E-state index in [9.17, 15) is 4.79 Å². The summed E-state index contributed by atoms with van der Waals surface area (Å²) in [5.74, 6) is 1.71. The minimum atomic E-state index is -0.217. The van der Waals surface area contributed by atoms with Crippen molar-refractivity contribution in [2.75, 3.05) is 13.1 Å². The van der Waals surface area contributed by atoms with E-state index in [1.54, 1.807) is 23.1 Å². The van der Waals surface area contributed by atoms with Gasteiger partial charge in [-0.2, -0.15) is 5.10 Å². The molecule has 1 aliphatic heterocycles. The quantitative estimate of drug-likeness (QED) is 0.711. The zero-order valence-electron chi connectivity index (χ0n) is 16.3. The summed E-state index contributed by atoms with van der Waals surface area (Å²) in [5.41, 5.74) is 1.89. The predicted octanol–water partition coefficient (Wildman–Crippen LogP) is 3.26. The van der Waals surface area contributed by atoms with Crippen molar-refractivity contribution in [3.05, 3.63) is 65.5 Å². The molecule has 0 saturated carbocycles. The van der Waals surface area contributed by atoms with E-state index in [1.807, 2.05) is 38.1 Å². The zero-order chi connectivity index (χ0) is 19.5. The fraction of sp³-hybridized carbons (Fsp3) is 0.381. The van der Waals surface area contributed by atoms with Gasteiger partial charge in [0.25, 0.3) is 5.91 Å². The van der Waals surface area contributed by atoms with Gasteiger partial charge in [-0.05, 0) is 64.0 Å². The van der Waals surface area contributed by atoms with Crippen LogP contribution in [0.5, 0.6) is 0 Å². The van der Waals surface area contributed by atoms with Crippen LogP contribution in [0.25, 0.3) is 5.82 Å². The van der Waals surface area contributed by atoms with Crippen molar-refractivity contribution >= 4 is 5.91 Å². The number of nitrogens with one attached hydrogen (secondary N) is 1. The van der Waals surface area contributed by atoms with E-state index in [1.165, 1.54) is 12.8 Å². The minimum absolute atomic E-state index is 0.197. The Balaban J connectivity index is 1.42. The fourth-order valence-corrected chi connectivity index (χ4v) is 3.65. The first-order chi connectivity index (χ1) is 13.6. The molecule has 4 heterocycles. The predicted molar refractivity (Wildman–Crippen MR) is 105 cm³/mol. The number of hydrogen-bond acceptors (Lipinski definition) is 5. The highest BCUT2D eigenvalue weighted by Gasteiger charge is 2.20. The van der Waals surface area contributed by atoms with Gasteiger partial charge in [0.05, 0.1) is 18.8 Å². The highest BCUT2D eigenvalue weighted by molar-refractivity contribution is 5.91. The van der Waals surface area contributed by atoms with Gasteiger partial charge in [-0.3, -0.25) is 9.69 Å².